The van der Waals surface area contributed by atoms with Gasteiger partial charge in [-0.15, -0.1) is 0 Å². The SMILES string of the molecule is CCOc1ccc(N(CC(=O)N(Cc2ccccc2Cl)[C@H](CC)C(=O)N[C@@H](C)CC)S(=O)(=O)c2ccc(F)cc2)cc1. The van der Waals surface area contributed by atoms with Gasteiger partial charge in [0.05, 0.1) is 17.2 Å². The van der Waals surface area contributed by atoms with Gasteiger partial charge in [-0.05, 0) is 86.8 Å². The summed E-state index contributed by atoms with van der Waals surface area (Å²) in [7, 11) is -4.33. The van der Waals surface area contributed by atoms with E-state index in [1.165, 1.54) is 17.0 Å². The molecule has 3 rings (SSSR count). The van der Waals surface area contributed by atoms with Crippen LogP contribution in [0.5, 0.6) is 5.75 Å². The molecule has 0 saturated heterocycles. The van der Waals surface area contributed by atoms with E-state index >= 15 is 0 Å². The van der Waals surface area contributed by atoms with Gasteiger partial charge >= 0.3 is 0 Å². The van der Waals surface area contributed by atoms with Crippen molar-refractivity contribution in [2.24, 2.45) is 0 Å². The molecule has 0 aliphatic heterocycles. The minimum atomic E-state index is -4.33. The number of sulfonamides is 1. The van der Waals surface area contributed by atoms with Crippen LogP contribution in [0, 0.1) is 5.82 Å². The number of carbonyl (C=O) groups excluding carboxylic acids is 2. The highest BCUT2D eigenvalue weighted by Crippen LogP contribution is 2.27. The lowest BCUT2D eigenvalue weighted by molar-refractivity contribution is -0.140. The minimum Gasteiger partial charge on any atom is -0.494 e. The van der Waals surface area contributed by atoms with Gasteiger partial charge in [0.1, 0.15) is 24.2 Å². The first-order valence-electron chi connectivity index (χ1n) is 13.9. The normalized spacial score (nSPS) is 12.7. The Morgan fingerprint density at radius 2 is 1.60 bits per heavy atom. The zero-order valence-corrected chi connectivity index (χ0v) is 25.8. The zero-order valence-electron chi connectivity index (χ0n) is 24.2. The highest BCUT2D eigenvalue weighted by Gasteiger charge is 2.34. The second-order valence-electron chi connectivity index (χ2n) is 9.75. The molecule has 3 aromatic carbocycles. The van der Waals surface area contributed by atoms with E-state index in [4.69, 9.17) is 16.3 Å². The molecule has 8 nitrogen and oxygen atoms in total. The van der Waals surface area contributed by atoms with Crippen LogP contribution in [0.2, 0.25) is 5.02 Å². The zero-order chi connectivity index (χ0) is 30.9. The molecule has 2 amide bonds. The molecule has 0 aliphatic carbocycles. The molecule has 0 bridgehead atoms. The second kappa shape index (κ2) is 15.0. The van der Waals surface area contributed by atoms with Crippen LogP contribution in [0.15, 0.2) is 77.7 Å². The fraction of sp³-hybridized carbons (Fsp3) is 0.355. The summed E-state index contributed by atoms with van der Waals surface area (Å²) in [5, 5.41) is 3.35. The molecule has 3 aromatic rings. The van der Waals surface area contributed by atoms with Crippen LogP contribution in [-0.4, -0.2) is 50.4 Å². The van der Waals surface area contributed by atoms with Gasteiger partial charge in [-0.1, -0.05) is 43.6 Å². The number of nitrogens with zero attached hydrogens (tertiary/aromatic N) is 2. The minimum absolute atomic E-state index is 0.0152. The van der Waals surface area contributed by atoms with Gasteiger partial charge in [0.25, 0.3) is 10.0 Å². The maximum absolute atomic E-state index is 14.1. The molecule has 0 spiro atoms. The lowest BCUT2D eigenvalue weighted by Gasteiger charge is -2.34. The molecule has 0 saturated carbocycles. The Morgan fingerprint density at radius 3 is 2.17 bits per heavy atom. The molecule has 42 heavy (non-hydrogen) atoms. The maximum Gasteiger partial charge on any atom is 0.264 e. The summed E-state index contributed by atoms with van der Waals surface area (Å²) < 4.78 is 47.9. The first kappa shape index (κ1) is 32.9. The number of hydrogen-bond donors (Lipinski definition) is 1. The van der Waals surface area contributed by atoms with Gasteiger partial charge in [0, 0.05) is 17.6 Å². The van der Waals surface area contributed by atoms with Crippen molar-refractivity contribution < 1.29 is 27.1 Å². The monoisotopic (exact) mass is 617 g/mol. The lowest BCUT2D eigenvalue weighted by Crippen LogP contribution is -2.53. The number of nitrogens with one attached hydrogen (secondary N) is 1. The van der Waals surface area contributed by atoms with E-state index in [2.05, 4.69) is 5.32 Å². The molecule has 226 valence electrons. The number of hydrogen-bond acceptors (Lipinski definition) is 5. The van der Waals surface area contributed by atoms with Crippen molar-refractivity contribution >= 4 is 39.1 Å². The molecular formula is C31H37ClFN3O5S. The smallest absolute Gasteiger partial charge is 0.264 e. The van der Waals surface area contributed by atoms with Crippen LogP contribution in [0.1, 0.15) is 46.1 Å². The molecule has 1 N–H and O–H groups in total. The summed E-state index contributed by atoms with van der Waals surface area (Å²) >= 11 is 6.43. The van der Waals surface area contributed by atoms with Crippen LogP contribution >= 0.6 is 11.6 Å². The second-order valence-corrected chi connectivity index (χ2v) is 12.0. The average Bonchev–Trinajstić information content (AvgIpc) is 2.97. The standard InChI is InChI=1S/C31H37ClFN3O5S/c1-5-22(4)34-31(38)29(6-2)35(20-23-10-8-9-11-28(23)32)30(37)21-36(25-14-16-26(17-15-25)41-7-3)42(39,40)27-18-12-24(33)13-19-27/h8-19,22,29H,5-7,20-21H2,1-4H3,(H,34,38)/t22-,29+/m0/s1. The van der Waals surface area contributed by atoms with Crippen LogP contribution in [0.4, 0.5) is 10.1 Å². The third kappa shape index (κ3) is 8.23. The summed E-state index contributed by atoms with van der Waals surface area (Å²) in [6.45, 7) is 7.20. The predicted octanol–water partition coefficient (Wildman–Crippen LogP) is 5.80. The lowest BCUT2D eigenvalue weighted by atomic mass is 10.1. The molecule has 0 aromatic heterocycles. The molecule has 11 heteroatoms. The van der Waals surface area contributed by atoms with Gasteiger partial charge in [-0.3, -0.25) is 13.9 Å². The third-order valence-electron chi connectivity index (χ3n) is 6.80. The quantitative estimate of drug-likeness (QED) is 0.247. The maximum atomic E-state index is 14.1. The molecule has 0 fully saturated rings. The van der Waals surface area contributed by atoms with Crippen molar-refractivity contribution in [3.05, 3.63) is 89.2 Å². The molecule has 0 aliphatic rings. The number of benzene rings is 3. The summed E-state index contributed by atoms with van der Waals surface area (Å²) in [5.74, 6) is -1.02. The van der Waals surface area contributed by atoms with Gasteiger partial charge in [0.2, 0.25) is 11.8 Å². The van der Waals surface area contributed by atoms with Crippen molar-refractivity contribution in [1.29, 1.82) is 0 Å². The topological polar surface area (TPSA) is 96.0 Å². The van der Waals surface area contributed by atoms with Crippen LogP contribution in [-0.2, 0) is 26.2 Å². The molecule has 2 atom stereocenters. The summed E-state index contributed by atoms with van der Waals surface area (Å²) in [6.07, 6.45) is 0.980. The van der Waals surface area contributed by atoms with Crippen molar-refractivity contribution in [2.45, 2.75) is 64.1 Å². The van der Waals surface area contributed by atoms with E-state index in [9.17, 15) is 22.4 Å². The highest BCUT2D eigenvalue weighted by molar-refractivity contribution is 7.92. The Bertz CT molecular complexity index is 1450. The van der Waals surface area contributed by atoms with E-state index in [-0.39, 0.29) is 35.5 Å². The number of amides is 2. The Hall–Kier alpha value is -3.63. The van der Waals surface area contributed by atoms with Crippen LogP contribution in [0.3, 0.4) is 0 Å². The van der Waals surface area contributed by atoms with E-state index in [1.807, 2.05) is 20.8 Å². The van der Waals surface area contributed by atoms with Gasteiger partial charge in [-0.25, -0.2) is 12.8 Å². The molecular weight excluding hydrogens is 581 g/mol. The Balaban J connectivity index is 2.07. The third-order valence-corrected chi connectivity index (χ3v) is 8.96. The number of carbonyl (C=O) groups is 2. The number of rotatable bonds is 14. The molecule has 0 radical (unpaired) electrons. The van der Waals surface area contributed by atoms with Crippen molar-refractivity contribution in [3.63, 3.8) is 0 Å². The average molecular weight is 618 g/mol. The fourth-order valence-corrected chi connectivity index (χ4v) is 5.92. The molecule has 0 unspecified atom stereocenters. The van der Waals surface area contributed by atoms with Crippen molar-refractivity contribution in [1.82, 2.24) is 10.2 Å². The summed E-state index contributed by atoms with van der Waals surface area (Å²) in [5.41, 5.74) is 0.808. The van der Waals surface area contributed by atoms with E-state index < -0.39 is 34.3 Å². The Morgan fingerprint density at radius 1 is 0.952 bits per heavy atom. The van der Waals surface area contributed by atoms with E-state index in [0.717, 1.165) is 28.6 Å². The number of anilines is 1. The number of halogens is 2. The largest absolute Gasteiger partial charge is 0.494 e. The first-order chi connectivity index (χ1) is 20.0. The van der Waals surface area contributed by atoms with E-state index in [0.29, 0.717) is 29.4 Å². The first-order valence-corrected chi connectivity index (χ1v) is 15.7. The fourth-order valence-electron chi connectivity index (χ4n) is 4.31. The number of ether oxygens (including phenoxy) is 1. The Labute approximate surface area is 252 Å². The van der Waals surface area contributed by atoms with Crippen LogP contribution in [0.25, 0.3) is 0 Å². The predicted molar refractivity (Wildman–Crippen MR) is 163 cm³/mol. The van der Waals surface area contributed by atoms with Crippen molar-refractivity contribution in [2.75, 3.05) is 17.5 Å². The van der Waals surface area contributed by atoms with Crippen LogP contribution < -0.4 is 14.4 Å². The summed E-state index contributed by atoms with van der Waals surface area (Å²) in [4.78, 5) is 28.6. The summed E-state index contributed by atoms with van der Waals surface area (Å²) in [6, 6.07) is 16.6. The van der Waals surface area contributed by atoms with Gasteiger partial charge in [0.15, 0.2) is 0 Å². The Kier molecular flexibility index (Phi) is 11.8. The van der Waals surface area contributed by atoms with Crippen molar-refractivity contribution in [3.8, 4) is 5.75 Å². The van der Waals surface area contributed by atoms with Gasteiger partial charge < -0.3 is 15.0 Å². The van der Waals surface area contributed by atoms with Gasteiger partial charge in [-0.2, -0.15) is 0 Å². The van der Waals surface area contributed by atoms with E-state index in [1.54, 1.807) is 43.3 Å². The molecule has 0 heterocycles. The highest BCUT2D eigenvalue weighted by atomic mass is 35.5.